The monoisotopic (exact) mass is 352 g/mol. The van der Waals surface area contributed by atoms with Crippen molar-refractivity contribution in [2.45, 2.75) is 6.04 Å². The molecule has 2 aromatic carbocycles. The Bertz CT molecular complexity index is 604. The van der Waals surface area contributed by atoms with Gasteiger partial charge in [0.25, 0.3) is 0 Å². The molecule has 5 heteroatoms. The first-order valence-corrected chi connectivity index (χ1v) is 7.38. The van der Waals surface area contributed by atoms with Crippen LogP contribution in [-0.2, 0) is 0 Å². The third kappa shape index (κ3) is 3.54. The zero-order valence-electron chi connectivity index (χ0n) is 12.0. The number of rotatable bonds is 5. The number of benzene rings is 2. The summed E-state index contributed by atoms with van der Waals surface area (Å²) in [6.45, 7) is 0.392. The largest absolute Gasteiger partial charge is 0.497 e. The van der Waals surface area contributed by atoms with Gasteiger partial charge in [-0.2, -0.15) is 0 Å². The van der Waals surface area contributed by atoms with Crippen molar-refractivity contribution in [1.29, 1.82) is 0 Å². The fraction of sp³-hybridized carbons (Fsp3) is 0.250. The van der Waals surface area contributed by atoms with Crippen LogP contribution in [0.25, 0.3) is 0 Å². The quantitative estimate of drug-likeness (QED) is 0.890. The molecule has 0 aliphatic rings. The summed E-state index contributed by atoms with van der Waals surface area (Å²) < 4.78 is 19.3. The van der Waals surface area contributed by atoms with Crippen LogP contribution >= 0.6 is 15.9 Å². The van der Waals surface area contributed by atoms with E-state index in [1.54, 1.807) is 13.2 Å². The molecule has 2 rings (SSSR count). The number of hydrogen-bond acceptors (Lipinski definition) is 3. The van der Waals surface area contributed by atoms with E-state index in [1.807, 2.05) is 42.3 Å². The molecule has 2 aromatic rings. The van der Waals surface area contributed by atoms with Crippen LogP contribution in [0.15, 0.2) is 46.9 Å². The zero-order chi connectivity index (χ0) is 15.4. The summed E-state index contributed by atoms with van der Waals surface area (Å²) in [4.78, 5) is 2.03. The van der Waals surface area contributed by atoms with Gasteiger partial charge in [0, 0.05) is 19.3 Å². The van der Waals surface area contributed by atoms with E-state index in [4.69, 9.17) is 10.5 Å². The smallest absolute Gasteiger partial charge is 0.137 e. The molecular weight excluding hydrogens is 335 g/mol. The van der Waals surface area contributed by atoms with Gasteiger partial charge in [-0.25, -0.2) is 4.39 Å². The average molecular weight is 353 g/mol. The minimum Gasteiger partial charge on any atom is -0.497 e. The molecule has 2 N–H and O–H groups in total. The standard InChI is InChI=1S/C16H18BrFN2O/c1-20(12-4-6-13(21-2)7-5-12)16(10-19)11-3-8-14(17)15(18)9-11/h3-9,16H,10,19H2,1-2H3. The first kappa shape index (κ1) is 15.8. The number of methoxy groups -OCH3 is 1. The van der Waals surface area contributed by atoms with Crippen molar-refractivity contribution in [2.75, 3.05) is 25.6 Å². The van der Waals surface area contributed by atoms with E-state index in [-0.39, 0.29) is 11.9 Å². The Hall–Kier alpha value is -1.59. The van der Waals surface area contributed by atoms with E-state index in [0.29, 0.717) is 11.0 Å². The molecule has 21 heavy (non-hydrogen) atoms. The fourth-order valence-electron chi connectivity index (χ4n) is 2.23. The Morgan fingerprint density at radius 1 is 1.24 bits per heavy atom. The van der Waals surface area contributed by atoms with Gasteiger partial charge in [-0.1, -0.05) is 6.07 Å². The maximum atomic E-state index is 13.7. The molecule has 1 atom stereocenters. The first-order valence-electron chi connectivity index (χ1n) is 6.58. The lowest BCUT2D eigenvalue weighted by atomic mass is 10.0. The highest BCUT2D eigenvalue weighted by Crippen LogP contribution is 2.28. The van der Waals surface area contributed by atoms with Gasteiger partial charge in [0.2, 0.25) is 0 Å². The average Bonchev–Trinajstić information content (AvgIpc) is 2.51. The van der Waals surface area contributed by atoms with Crippen LogP contribution in [0.2, 0.25) is 0 Å². The van der Waals surface area contributed by atoms with Gasteiger partial charge in [-0.15, -0.1) is 0 Å². The second kappa shape index (κ2) is 6.91. The molecule has 0 aliphatic carbocycles. The Morgan fingerprint density at radius 3 is 2.43 bits per heavy atom. The van der Waals surface area contributed by atoms with Gasteiger partial charge in [0.15, 0.2) is 0 Å². The second-order valence-electron chi connectivity index (χ2n) is 4.73. The van der Waals surface area contributed by atoms with Crippen molar-refractivity contribution in [2.24, 2.45) is 5.73 Å². The Morgan fingerprint density at radius 2 is 1.90 bits per heavy atom. The molecule has 3 nitrogen and oxygen atoms in total. The summed E-state index contributed by atoms with van der Waals surface area (Å²) in [6, 6.07) is 12.7. The van der Waals surface area contributed by atoms with Crippen molar-refractivity contribution >= 4 is 21.6 Å². The minimum atomic E-state index is -0.283. The number of anilines is 1. The summed E-state index contributed by atoms with van der Waals surface area (Å²) in [5.74, 6) is 0.514. The van der Waals surface area contributed by atoms with Gasteiger partial charge in [0.1, 0.15) is 11.6 Å². The number of nitrogens with zero attached hydrogens (tertiary/aromatic N) is 1. The van der Waals surface area contributed by atoms with Gasteiger partial charge in [0.05, 0.1) is 17.6 Å². The third-order valence-electron chi connectivity index (χ3n) is 3.50. The Kier molecular flexibility index (Phi) is 5.20. The summed E-state index contributed by atoms with van der Waals surface area (Å²) in [6.07, 6.45) is 0. The van der Waals surface area contributed by atoms with E-state index in [1.165, 1.54) is 6.07 Å². The molecule has 1 unspecified atom stereocenters. The van der Waals surface area contributed by atoms with E-state index in [0.717, 1.165) is 17.0 Å². The van der Waals surface area contributed by atoms with Gasteiger partial charge < -0.3 is 15.4 Å². The van der Waals surface area contributed by atoms with Crippen LogP contribution in [0.4, 0.5) is 10.1 Å². The van der Waals surface area contributed by atoms with Gasteiger partial charge in [-0.05, 0) is 57.9 Å². The molecule has 0 spiro atoms. The maximum Gasteiger partial charge on any atom is 0.137 e. The molecule has 0 saturated heterocycles. The summed E-state index contributed by atoms with van der Waals surface area (Å²) >= 11 is 3.16. The normalized spacial score (nSPS) is 12.0. The SMILES string of the molecule is COc1ccc(N(C)C(CN)c2ccc(Br)c(F)c2)cc1. The van der Waals surface area contributed by atoms with Gasteiger partial charge in [-0.3, -0.25) is 0 Å². The highest BCUT2D eigenvalue weighted by molar-refractivity contribution is 9.10. The molecule has 112 valence electrons. The molecule has 0 amide bonds. The third-order valence-corrected chi connectivity index (χ3v) is 4.14. The van der Waals surface area contributed by atoms with Crippen LogP contribution in [0.1, 0.15) is 11.6 Å². The molecule has 0 aromatic heterocycles. The van der Waals surface area contributed by atoms with Gasteiger partial charge >= 0.3 is 0 Å². The minimum absolute atomic E-state index is 0.0963. The molecule has 0 aliphatic heterocycles. The Labute approximate surface area is 132 Å². The van der Waals surface area contributed by atoms with E-state index < -0.39 is 0 Å². The lowest BCUT2D eigenvalue weighted by molar-refractivity contribution is 0.415. The first-order chi connectivity index (χ1) is 10.1. The summed E-state index contributed by atoms with van der Waals surface area (Å²) in [5.41, 5.74) is 7.73. The number of nitrogens with two attached hydrogens (primary N) is 1. The van der Waals surface area contributed by atoms with Crippen LogP contribution in [0, 0.1) is 5.82 Å². The van der Waals surface area contributed by atoms with Crippen LogP contribution in [-0.4, -0.2) is 20.7 Å². The van der Waals surface area contributed by atoms with E-state index >= 15 is 0 Å². The van der Waals surface area contributed by atoms with Crippen LogP contribution < -0.4 is 15.4 Å². The van der Waals surface area contributed by atoms with Crippen LogP contribution in [0.3, 0.4) is 0 Å². The number of ether oxygens (including phenoxy) is 1. The topological polar surface area (TPSA) is 38.5 Å². The molecule has 0 bridgehead atoms. The lowest BCUT2D eigenvalue weighted by Crippen LogP contribution is -2.30. The van der Waals surface area contributed by atoms with Crippen molar-refractivity contribution < 1.29 is 9.13 Å². The fourth-order valence-corrected chi connectivity index (χ4v) is 2.48. The van der Waals surface area contributed by atoms with Crippen molar-refractivity contribution in [3.8, 4) is 5.75 Å². The summed E-state index contributed by atoms with van der Waals surface area (Å²) in [5, 5.41) is 0. The molecule has 0 radical (unpaired) electrons. The van der Waals surface area contributed by atoms with E-state index in [9.17, 15) is 4.39 Å². The maximum absolute atomic E-state index is 13.7. The second-order valence-corrected chi connectivity index (χ2v) is 5.59. The Balaban J connectivity index is 2.28. The zero-order valence-corrected chi connectivity index (χ0v) is 13.6. The van der Waals surface area contributed by atoms with E-state index in [2.05, 4.69) is 15.9 Å². The highest BCUT2D eigenvalue weighted by atomic mass is 79.9. The molecule has 0 saturated carbocycles. The highest BCUT2D eigenvalue weighted by Gasteiger charge is 2.17. The number of likely N-dealkylation sites (N-methyl/N-ethyl adjacent to an activating group) is 1. The lowest BCUT2D eigenvalue weighted by Gasteiger charge is -2.29. The number of halogens is 2. The molecule has 0 fully saturated rings. The molecular formula is C16H18BrFN2O. The van der Waals surface area contributed by atoms with Crippen LogP contribution in [0.5, 0.6) is 5.75 Å². The summed E-state index contributed by atoms with van der Waals surface area (Å²) in [7, 11) is 3.57. The predicted molar refractivity (Wildman–Crippen MR) is 87.3 cm³/mol. The predicted octanol–water partition coefficient (Wildman–Crippen LogP) is 3.73. The number of hydrogen-bond donors (Lipinski definition) is 1. The van der Waals surface area contributed by atoms with Crippen molar-refractivity contribution in [3.63, 3.8) is 0 Å². The molecule has 0 heterocycles. The van der Waals surface area contributed by atoms with Crippen molar-refractivity contribution in [3.05, 3.63) is 58.3 Å². The van der Waals surface area contributed by atoms with Crippen molar-refractivity contribution in [1.82, 2.24) is 0 Å².